The van der Waals surface area contributed by atoms with Gasteiger partial charge < -0.3 is 10.6 Å². The summed E-state index contributed by atoms with van der Waals surface area (Å²) < 4.78 is 23.2. The molecule has 1 aliphatic rings. The molecule has 5 nitrogen and oxygen atoms in total. The normalized spacial score (nSPS) is 20.7. The fourth-order valence-electron chi connectivity index (χ4n) is 2.28. The summed E-state index contributed by atoms with van der Waals surface area (Å²) in [6, 6.07) is 1.51. The van der Waals surface area contributed by atoms with Crippen LogP contribution >= 0.6 is 11.3 Å². The highest BCUT2D eigenvalue weighted by molar-refractivity contribution is 7.91. The van der Waals surface area contributed by atoms with Crippen LogP contribution in [0, 0.1) is 18.8 Å². The lowest BCUT2D eigenvalue weighted by atomic mass is 10.2. The van der Waals surface area contributed by atoms with Gasteiger partial charge >= 0.3 is 0 Å². The molecule has 0 radical (unpaired) electrons. The van der Waals surface area contributed by atoms with Crippen LogP contribution in [0.5, 0.6) is 0 Å². The fraction of sp³-hybridized carbons (Fsp3) is 0.500. The molecule has 1 aromatic heterocycles. The van der Waals surface area contributed by atoms with Gasteiger partial charge in [-0.2, -0.15) is 0 Å². The maximum absolute atomic E-state index is 12.5. The van der Waals surface area contributed by atoms with Crippen LogP contribution in [0.15, 0.2) is 6.07 Å². The van der Waals surface area contributed by atoms with Gasteiger partial charge in [-0.15, -0.1) is 11.3 Å². The summed E-state index contributed by atoms with van der Waals surface area (Å²) in [5, 5.41) is 0. The number of rotatable bonds is 1. The van der Waals surface area contributed by atoms with Crippen molar-refractivity contribution in [3.8, 4) is 11.8 Å². The average Bonchev–Trinajstić information content (AvgIpc) is 2.76. The molecule has 114 valence electrons. The Hall–Kier alpha value is -1.36. The Kier molecular flexibility index (Phi) is 4.71. The smallest absolute Gasteiger partial charge is 0.264 e. The molecule has 21 heavy (non-hydrogen) atoms. The van der Waals surface area contributed by atoms with Crippen LogP contribution in [0.4, 0.5) is 0 Å². The predicted octanol–water partition coefficient (Wildman–Crippen LogP) is 0.626. The molecule has 1 aliphatic heterocycles. The van der Waals surface area contributed by atoms with E-state index < -0.39 is 9.84 Å². The highest BCUT2D eigenvalue weighted by Crippen LogP contribution is 2.24. The van der Waals surface area contributed by atoms with Crippen LogP contribution in [0.2, 0.25) is 0 Å². The van der Waals surface area contributed by atoms with Gasteiger partial charge in [0.2, 0.25) is 0 Å². The van der Waals surface area contributed by atoms with Crippen molar-refractivity contribution in [1.29, 1.82) is 0 Å². The minimum absolute atomic E-state index is 0.0307. The van der Waals surface area contributed by atoms with Crippen LogP contribution in [0.1, 0.15) is 27.0 Å². The minimum Gasteiger partial charge on any atom is -0.333 e. The third-order valence-corrected chi connectivity index (χ3v) is 6.30. The van der Waals surface area contributed by atoms with Crippen molar-refractivity contribution in [3.63, 3.8) is 0 Å². The molecule has 0 saturated carbocycles. The Morgan fingerprint density at radius 3 is 2.90 bits per heavy atom. The van der Waals surface area contributed by atoms with Crippen LogP contribution in [0.25, 0.3) is 0 Å². The van der Waals surface area contributed by atoms with E-state index in [0.717, 1.165) is 10.4 Å². The molecule has 1 atom stereocenters. The van der Waals surface area contributed by atoms with E-state index >= 15 is 0 Å². The summed E-state index contributed by atoms with van der Waals surface area (Å²) in [4.78, 5) is 15.6. The van der Waals surface area contributed by atoms with Crippen molar-refractivity contribution >= 4 is 27.1 Å². The second-order valence-corrected chi connectivity index (χ2v) is 8.37. The molecule has 1 amide bonds. The number of hydrogen-bond donors (Lipinski definition) is 1. The minimum atomic E-state index is -3.02. The second-order valence-electron chi connectivity index (χ2n) is 5.09. The molecule has 0 aliphatic carbocycles. The van der Waals surface area contributed by atoms with Crippen LogP contribution < -0.4 is 5.73 Å². The highest BCUT2D eigenvalue weighted by atomic mass is 32.2. The number of thiophene rings is 1. The lowest BCUT2D eigenvalue weighted by Gasteiger charge is -2.32. The van der Waals surface area contributed by atoms with Crippen molar-refractivity contribution in [3.05, 3.63) is 21.4 Å². The van der Waals surface area contributed by atoms with Gasteiger partial charge in [0, 0.05) is 12.6 Å². The summed E-state index contributed by atoms with van der Waals surface area (Å²) in [5.74, 6) is 5.68. The number of sulfone groups is 1. The molecule has 1 unspecified atom stereocenters. The molecular formula is C14H18N2O3S2. The first-order valence-electron chi connectivity index (χ1n) is 6.65. The first-order chi connectivity index (χ1) is 9.84. The Morgan fingerprint density at radius 1 is 1.57 bits per heavy atom. The van der Waals surface area contributed by atoms with E-state index in [0.29, 0.717) is 4.88 Å². The van der Waals surface area contributed by atoms with Gasteiger partial charge in [0.05, 0.1) is 27.8 Å². The second kappa shape index (κ2) is 6.18. The van der Waals surface area contributed by atoms with Gasteiger partial charge in [-0.1, -0.05) is 11.8 Å². The summed E-state index contributed by atoms with van der Waals surface area (Å²) in [6.07, 6.45) is 0. The van der Waals surface area contributed by atoms with E-state index in [1.807, 2.05) is 13.0 Å². The van der Waals surface area contributed by atoms with E-state index in [2.05, 4.69) is 11.8 Å². The Balaban J connectivity index is 2.21. The molecule has 1 saturated heterocycles. The maximum Gasteiger partial charge on any atom is 0.264 e. The number of amides is 1. The SMILES string of the molecule is Cc1cc(C(=O)N2CCS(=O)(=O)CC2C)sc1C#CCN. The lowest BCUT2D eigenvalue weighted by molar-refractivity contribution is 0.0717. The molecule has 1 aromatic rings. The lowest BCUT2D eigenvalue weighted by Crippen LogP contribution is -2.49. The standard InChI is InChI=1S/C14H18N2O3S2/c1-10-8-13(20-12(10)4-3-5-15)14(17)16-6-7-21(18,19)9-11(16)2/h8,11H,5-7,9,15H2,1-2H3. The third kappa shape index (κ3) is 3.64. The van der Waals surface area contributed by atoms with Gasteiger partial charge in [-0.25, -0.2) is 8.42 Å². The fourth-order valence-corrected chi connectivity index (χ4v) is 4.84. The van der Waals surface area contributed by atoms with Crippen molar-refractivity contribution < 1.29 is 13.2 Å². The monoisotopic (exact) mass is 326 g/mol. The number of hydrogen-bond acceptors (Lipinski definition) is 5. The van der Waals surface area contributed by atoms with Crippen molar-refractivity contribution in [1.82, 2.24) is 4.90 Å². The maximum atomic E-state index is 12.5. The molecule has 1 fully saturated rings. The van der Waals surface area contributed by atoms with Crippen LogP contribution in [-0.2, 0) is 9.84 Å². The van der Waals surface area contributed by atoms with E-state index in [4.69, 9.17) is 5.73 Å². The highest BCUT2D eigenvalue weighted by Gasteiger charge is 2.32. The van der Waals surface area contributed by atoms with Gasteiger partial charge in [0.25, 0.3) is 5.91 Å². The molecule has 0 bridgehead atoms. The molecule has 2 heterocycles. The summed E-state index contributed by atoms with van der Waals surface area (Å²) >= 11 is 1.33. The summed E-state index contributed by atoms with van der Waals surface area (Å²) in [6.45, 7) is 4.20. The molecule has 0 spiro atoms. The molecular weight excluding hydrogens is 308 g/mol. The van der Waals surface area contributed by atoms with Crippen LogP contribution in [0.3, 0.4) is 0 Å². The predicted molar refractivity (Wildman–Crippen MR) is 84.1 cm³/mol. The molecule has 0 aromatic carbocycles. The Labute approximate surface area is 129 Å². The van der Waals surface area contributed by atoms with Crippen molar-refractivity contribution in [2.75, 3.05) is 24.6 Å². The number of nitrogens with zero attached hydrogens (tertiary/aromatic N) is 1. The zero-order valence-corrected chi connectivity index (χ0v) is 13.7. The summed E-state index contributed by atoms with van der Waals surface area (Å²) in [5.41, 5.74) is 6.30. The number of carbonyl (C=O) groups excluding carboxylic acids is 1. The third-order valence-electron chi connectivity index (χ3n) is 3.36. The average molecular weight is 326 g/mol. The van der Waals surface area contributed by atoms with E-state index in [1.165, 1.54) is 11.3 Å². The van der Waals surface area contributed by atoms with E-state index in [9.17, 15) is 13.2 Å². The van der Waals surface area contributed by atoms with Crippen molar-refractivity contribution in [2.45, 2.75) is 19.9 Å². The van der Waals surface area contributed by atoms with Crippen LogP contribution in [-0.4, -0.2) is 49.9 Å². The Bertz CT molecular complexity index is 710. The van der Waals surface area contributed by atoms with Gasteiger partial charge in [-0.3, -0.25) is 4.79 Å². The van der Waals surface area contributed by atoms with Gasteiger partial charge in [0.15, 0.2) is 9.84 Å². The number of aryl methyl sites for hydroxylation is 1. The Morgan fingerprint density at radius 2 is 2.29 bits per heavy atom. The zero-order valence-electron chi connectivity index (χ0n) is 12.0. The zero-order chi connectivity index (χ0) is 15.6. The first kappa shape index (κ1) is 16.0. The molecule has 2 N–H and O–H groups in total. The van der Waals surface area contributed by atoms with Crippen molar-refractivity contribution in [2.24, 2.45) is 5.73 Å². The van der Waals surface area contributed by atoms with Gasteiger partial charge in [0.1, 0.15) is 0 Å². The molecule has 2 rings (SSSR count). The quantitative estimate of drug-likeness (QED) is 0.768. The van der Waals surface area contributed by atoms with E-state index in [1.54, 1.807) is 11.8 Å². The topological polar surface area (TPSA) is 80.5 Å². The van der Waals surface area contributed by atoms with E-state index in [-0.39, 0.29) is 36.5 Å². The van der Waals surface area contributed by atoms with Gasteiger partial charge in [-0.05, 0) is 25.5 Å². The number of nitrogens with two attached hydrogens (primary N) is 1. The number of carbonyl (C=O) groups is 1. The summed E-state index contributed by atoms with van der Waals surface area (Å²) in [7, 11) is -3.02. The molecule has 7 heteroatoms. The first-order valence-corrected chi connectivity index (χ1v) is 9.28. The largest absolute Gasteiger partial charge is 0.333 e.